The van der Waals surface area contributed by atoms with Gasteiger partial charge in [-0.1, -0.05) is 0 Å². The fourth-order valence-corrected chi connectivity index (χ4v) is 4.91. The Morgan fingerprint density at radius 2 is 1.85 bits per heavy atom. The molecule has 34 heavy (non-hydrogen) atoms. The summed E-state index contributed by atoms with van der Waals surface area (Å²) in [5.41, 5.74) is 6.96. The molecule has 8 nitrogen and oxygen atoms in total. The maximum atomic E-state index is 4.90. The SMILES string of the molecule is Cc1ccc(-c2nccc3[nH]c(-c4n[nH]c5ncc(-c6cncc(NC(C)C)c6)cc45)nc23)s1. The predicted octanol–water partition coefficient (Wildman–Crippen LogP) is 5.82. The number of H-pyrrole nitrogens is 2. The van der Waals surface area contributed by atoms with Crippen LogP contribution in [0.25, 0.3) is 55.3 Å². The molecule has 6 aromatic rings. The molecular formula is C25H22N8S. The standard InChI is InChI=1S/C25H22N8S/c1-13(2)29-17-8-15(10-26-12-17)16-9-18-21(32-33-24(18)28-11-16)25-30-19-6-7-27-23(22(19)31-25)20-5-4-14(3)34-20/h4-13,29H,1-3H3,(H,30,31)(H,28,32,33). The molecule has 9 heteroatoms. The summed E-state index contributed by atoms with van der Waals surface area (Å²) in [6.07, 6.45) is 7.31. The van der Waals surface area contributed by atoms with Crippen LogP contribution < -0.4 is 5.32 Å². The number of nitrogens with zero attached hydrogens (tertiary/aromatic N) is 5. The third kappa shape index (κ3) is 3.60. The summed E-state index contributed by atoms with van der Waals surface area (Å²) in [5.74, 6) is 0.677. The molecule has 168 valence electrons. The quantitative estimate of drug-likeness (QED) is 0.296. The van der Waals surface area contributed by atoms with E-state index in [2.05, 4.69) is 80.5 Å². The zero-order valence-corrected chi connectivity index (χ0v) is 19.7. The normalized spacial score (nSPS) is 11.6. The van der Waals surface area contributed by atoms with Crippen LogP contribution in [-0.2, 0) is 0 Å². The molecule has 6 aromatic heterocycles. The highest BCUT2D eigenvalue weighted by Crippen LogP contribution is 2.34. The van der Waals surface area contributed by atoms with E-state index in [0.717, 1.165) is 49.5 Å². The summed E-state index contributed by atoms with van der Waals surface area (Å²) in [4.78, 5) is 24.2. The van der Waals surface area contributed by atoms with Gasteiger partial charge < -0.3 is 10.3 Å². The summed E-state index contributed by atoms with van der Waals surface area (Å²) in [5, 5.41) is 11.9. The molecule has 0 aromatic carbocycles. The molecule has 0 spiro atoms. The molecule has 0 aliphatic carbocycles. The van der Waals surface area contributed by atoms with Gasteiger partial charge in [0.25, 0.3) is 0 Å². The molecule has 6 heterocycles. The molecule has 6 rings (SSSR count). The first-order valence-electron chi connectivity index (χ1n) is 11.0. The Kier molecular flexibility index (Phi) is 4.84. The van der Waals surface area contributed by atoms with E-state index in [-0.39, 0.29) is 0 Å². The van der Waals surface area contributed by atoms with E-state index in [1.165, 1.54) is 4.88 Å². The molecule has 0 fully saturated rings. The van der Waals surface area contributed by atoms with Gasteiger partial charge in [0.05, 0.1) is 21.5 Å². The predicted molar refractivity (Wildman–Crippen MR) is 137 cm³/mol. The highest BCUT2D eigenvalue weighted by molar-refractivity contribution is 7.15. The highest BCUT2D eigenvalue weighted by atomic mass is 32.1. The number of pyridine rings is 3. The Hall–Kier alpha value is -4.11. The lowest BCUT2D eigenvalue weighted by Crippen LogP contribution is -2.09. The first-order valence-corrected chi connectivity index (χ1v) is 11.8. The van der Waals surface area contributed by atoms with Crippen molar-refractivity contribution in [3.63, 3.8) is 0 Å². The van der Waals surface area contributed by atoms with Gasteiger partial charge in [0, 0.05) is 46.8 Å². The number of aromatic amines is 2. The van der Waals surface area contributed by atoms with Gasteiger partial charge in [-0.3, -0.25) is 15.1 Å². The third-order valence-electron chi connectivity index (χ3n) is 5.54. The number of nitrogens with one attached hydrogen (secondary N) is 3. The lowest BCUT2D eigenvalue weighted by molar-refractivity contribution is 0.898. The van der Waals surface area contributed by atoms with Crippen molar-refractivity contribution in [3.8, 4) is 33.2 Å². The van der Waals surface area contributed by atoms with Crippen LogP contribution in [0.15, 0.2) is 55.1 Å². The zero-order chi connectivity index (χ0) is 23.2. The number of fused-ring (bicyclic) bond motifs is 2. The van der Waals surface area contributed by atoms with Gasteiger partial charge in [0.2, 0.25) is 0 Å². The van der Waals surface area contributed by atoms with E-state index < -0.39 is 0 Å². The number of imidazole rings is 1. The van der Waals surface area contributed by atoms with Gasteiger partial charge in [-0.15, -0.1) is 11.3 Å². The van der Waals surface area contributed by atoms with Gasteiger partial charge in [-0.2, -0.15) is 5.10 Å². The first kappa shape index (κ1) is 20.5. The number of hydrogen-bond donors (Lipinski definition) is 3. The molecule has 0 amide bonds. The Morgan fingerprint density at radius 3 is 2.68 bits per heavy atom. The minimum Gasteiger partial charge on any atom is -0.382 e. The Morgan fingerprint density at radius 1 is 0.971 bits per heavy atom. The maximum absolute atomic E-state index is 4.90. The van der Waals surface area contributed by atoms with Crippen molar-refractivity contribution in [1.29, 1.82) is 0 Å². The largest absolute Gasteiger partial charge is 0.382 e. The fraction of sp³-hybridized carbons (Fsp3) is 0.160. The number of aromatic nitrogens is 7. The molecule has 0 saturated heterocycles. The fourth-order valence-electron chi connectivity index (χ4n) is 4.04. The monoisotopic (exact) mass is 466 g/mol. The number of thiophene rings is 1. The van der Waals surface area contributed by atoms with Crippen LogP contribution in [0.5, 0.6) is 0 Å². The van der Waals surface area contributed by atoms with Gasteiger partial charge in [0.15, 0.2) is 11.5 Å². The van der Waals surface area contributed by atoms with Crippen molar-refractivity contribution >= 4 is 39.1 Å². The zero-order valence-electron chi connectivity index (χ0n) is 18.9. The van der Waals surface area contributed by atoms with Crippen molar-refractivity contribution in [2.45, 2.75) is 26.8 Å². The maximum Gasteiger partial charge on any atom is 0.159 e. The van der Waals surface area contributed by atoms with E-state index in [1.54, 1.807) is 11.3 Å². The molecular weight excluding hydrogens is 444 g/mol. The molecule has 0 radical (unpaired) electrons. The van der Waals surface area contributed by atoms with E-state index >= 15 is 0 Å². The summed E-state index contributed by atoms with van der Waals surface area (Å²) < 4.78 is 0. The van der Waals surface area contributed by atoms with E-state index in [0.29, 0.717) is 17.5 Å². The number of anilines is 1. The lowest BCUT2D eigenvalue weighted by Gasteiger charge is -2.10. The van der Waals surface area contributed by atoms with Crippen molar-refractivity contribution < 1.29 is 0 Å². The third-order valence-corrected chi connectivity index (χ3v) is 6.55. The van der Waals surface area contributed by atoms with Crippen molar-refractivity contribution in [2.75, 3.05) is 5.32 Å². The summed E-state index contributed by atoms with van der Waals surface area (Å²) >= 11 is 1.71. The van der Waals surface area contributed by atoms with Crippen molar-refractivity contribution in [2.24, 2.45) is 0 Å². The second kappa shape index (κ2) is 8.03. The molecule has 0 bridgehead atoms. The van der Waals surface area contributed by atoms with E-state index in [9.17, 15) is 0 Å². The van der Waals surface area contributed by atoms with E-state index in [4.69, 9.17) is 4.98 Å². The summed E-state index contributed by atoms with van der Waals surface area (Å²) in [7, 11) is 0. The molecule has 0 unspecified atom stereocenters. The number of aryl methyl sites for hydroxylation is 1. The van der Waals surface area contributed by atoms with Crippen molar-refractivity contribution in [3.05, 3.63) is 60.0 Å². The molecule has 3 N–H and O–H groups in total. The summed E-state index contributed by atoms with van der Waals surface area (Å²) in [6.45, 7) is 6.30. The van der Waals surface area contributed by atoms with Crippen LogP contribution in [0.2, 0.25) is 0 Å². The van der Waals surface area contributed by atoms with Crippen LogP contribution >= 0.6 is 11.3 Å². The van der Waals surface area contributed by atoms with Crippen LogP contribution in [0, 0.1) is 6.92 Å². The van der Waals surface area contributed by atoms with Crippen LogP contribution in [-0.4, -0.2) is 41.2 Å². The van der Waals surface area contributed by atoms with E-state index in [1.807, 2.05) is 30.9 Å². The Balaban J connectivity index is 1.45. The van der Waals surface area contributed by atoms with Crippen LogP contribution in [0.1, 0.15) is 18.7 Å². The molecule has 0 atom stereocenters. The Labute approximate surface area is 199 Å². The molecule has 0 saturated carbocycles. The van der Waals surface area contributed by atoms with Crippen molar-refractivity contribution in [1.82, 2.24) is 35.1 Å². The second-order valence-corrected chi connectivity index (χ2v) is 9.79. The van der Waals surface area contributed by atoms with Crippen LogP contribution in [0.3, 0.4) is 0 Å². The lowest BCUT2D eigenvalue weighted by atomic mass is 10.1. The average Bonchev–Trinajstić information content (AvgIpc) is 3.55. The number of hydrogen-bond acceptors (Lipinski definition) is 7. The first-order chi connectivity index (χ1) is 16.5. The highest BCUT2D eigenvalue weighted by Gasteiger charge is 2.17. The minimum absolute atomic E-state index is 0.323. The topological polar surface area (TPSA) is 108 Å². The van der Waals surface area contributed by atoms with Gasteiger partial charge in [-0.05, 0) is 51.1 Å². The van der Waals surface area contributed by atoms with Gasteiger partial charge in [-0.25, -0.2) is 9.97 Å². The minimum atomic E-state index is 0.323. The second-order valence-electron chi connectivity index (χ2n) is 8.51. The van der Waals surface area contributed by atoms with Gasteiger partial charge in [0.1, 0.15) is 16.9 Å². The number of rotatable bonds is 5. The summed E-state index contributed by atoms with van der Waals surface area (Å²) in [6, 6.07) is 10.6. The Bertz CT molecular complexity index is 1640. The molecule has 0 aliphatic rings. The average molecular weight is 467 g/mol. The van der Waals surface area contributed by atoms with Gasteiger partial charge >= 0.3 is 0 Å². The van der Waals surface area contributed by atoms with Crippen LogP contribution in [0.4, 0.5) is 5.69 Å². The molecule has 0 aliphatic heterocycles. The smallest absolute Gasteiger partial charge is 0.159 e.